The Balaban J connectivity index is 1.88. The molecule has 0 aliphatic rings. The number of methoxy groups -OCH3 is 3. The number of carbonyl (C=O) groups excluding carboxylic acids is 2. The quantitative estimate of drug-likeness (QED) is 0.504. The summed E-state index contributed by atoms with van der Waals surface area (Å²) in [6.45, 7) is 3.71. The van der Waals surface area contributed by atoms with Gasteiger partial charge in [-0.2, -0.15) is 0 Å². The van der Waals surface area contributed by atoms with Crippen molar-refractivity contribution in [1.82, 2.24) is 15.3 Å². The van der Waals surface area contributed by atoms with Crippen LogP contribution in [0.3, 0.4) is 0 Å². The van der Waals surface area contributed by atoms with Crippen LogP contribution >= 0.6 is 11.3 Å². The minimum atomic E-state index is -0.737. The highest BCUT2D eigenvalue weighted by atomic mass is 32.1. The molecule has 0 aliphatic carbocycles. The zero-order chi connectivity index (χ0) is 21.8. The van der Waals surface area contributed by atoms with Crippen molar-refractivity contribution in [2.45, 2.75) is 19.9 Å². The third kappa shape index (κ3) is 4.18. The molecular formula is C20H24N4O5S. The fourth-order valence-corrected chi connectivity index (χ4v) is 3.62. The van der Waals surface area contributed by atoms with Crippen LogP contribution in [0.4, 0.5) is 5.13 Å². The molecule has 0 bridgehead atoms. The van der Waals surface area contributed by atoms with Crippen LogP contribution in [0.25, 0.3) is 10.9 Å². The number of nitrogens with one attached hydrogen (secondary N) is 3. The average Bonchev–Trinajstić information content (AvgIpc) is 3.39. The lowest BCUT2D eigenvalue weighted by Gasteiger charge is -2.20. The highest BCUT2D eigenvalue weighted by Crippen LogP contribution is 2.43. The lowest BCUT2D eigenvalue weighted by Crippen LogP contribution is -2.47. The standard InChI is InChI=1S/C20H24N4O5S/c1-10(2)14(19(26)24-20-21-6-7-30-20)23-18(25)12-8-11-9-13(27-3)16(28-4)17(29-5)15(11)22-12/h6-10,14,22H,1-5H3,(H,23,25)(H,21,24,26)/t14-/m0/s1. The normalized spacial score (nSPS) is 11.9. The number of thiazole rings is 1. The molecular weight excluding hydrogens is 408 g/mol. The minimum Gasteiger partial charge on any atom is -0.493 e. The molecule has 2 aromatic heterocycles. The molecule has 0 aliphatic heterocycles. The van der Waals surface area contributed by atoms with Gasteiger partial charge in [-0.25, -0.2) is 4.98 Å². The Kier molecular flexibility index (Phi) is 6.46. The van der Waals surface area contributed by atoms with Crippen LogP contribution in [0.2, 0.25) is 0 Å². The zero-order valence-electron chi connectivity index (χ0n) is 17.4. The number of anilines is 1. The lowest BCUT2D eigenvalue weighted by atomic mass is 10.0. The van der Waals surface area contributed by atoms with E-state index in [2.05, 4.69) is 20.6 Å². The van der Waals surface area contributed by atoms with E-state index in [1.807, 2.05) is 13.8 Å². The van der Waals surface area contributed by atoms with Crippen LogP contribution in [0, 0.1) is 5.92 Å². The van der Waals surface area contributed by atoms with Crippen LogP contribution in [0.1, 0.15) is 24.3 Å². The van der Waals surface area contributed by atoms with Crippen LogP contribution in [0.15, 0.2) is 23.7 Å². The number of hydrogen-bond acceptors (Lipinski definition) is 7. The SMILES string of the molecule is COc1cc2cc(C(=O)N[C@H](C(=O)Nc3nccs3)C(C)C)[nH]c2c(OC)c1OC. The molecule has 0 spiro atoms. The second-order valence-electron chi connectivity index (χ2n) is 6.81. The number of aromatic amines is 1. The maximum atomic E-state index is 12.9. The second-order valence-corrected chi connectivity index (χ2v) is 7.71. The van der Waals surface area contributed by atoms with E-state index in [1.54, 1.807) is 23.7 Å². The Bertz CT molecular complexity index is 1050. The van der Waals surface area contributed by atoms with Crippen molar-refractivity contribution in [3.8, 4) is 17.2 Å². The number of nitrogens with zero attached hydrogens (tertiary/aromatic N) is 1. The van der Waals surface area contributed by atoms with Gasteiger partial charge in [-0.3, -0.25) is 9.59 Å². The molecule has 3 N–H and O–H groups in total. The molecule has 2 heterocycles. The van der Waals surface area contributed by atoms with Crippen molar-refractivity contribution < 1.29 is 23.8 Å². The Labute approximate surface area is 177 Å². The van der Waals surface area contributed by atoms with Gasteiger partial charge in [0.1, 0.15) is 11.7 Å². The van der Waals surface area contributed by atoms with E-state index in [0.29, 0.717) is 33.3 Å². The predicted molar refractivity (Wildman–Crippen MR) is 115 cm³/mol. The van der Waals surface area contributed by atoms with E-state index in [4.69, 9.17) is 14.2 Å². The molecule has 0 saturated heterocycles. The summed E-state index contributed by atoms with van der Waals surface area (Å²) in [7, 11) is 4.55. The Morgan fingerprint density at radius 2 is 1.83 bits per heavy atom. The number of fused-ring (bicyclic) bond motifs is 1. The number of amides is 2. The fraction of sp³-hybridized carbons (Fsp3) is 0.350. The monoisotopic (exact) mass is 432 g/mol. The first-order chi connectivity index (χ1) is 14.4. The van der Waals surface area contributed by atoms with Crippen LogP contribution < -0.4 is 24.8 Å². The Morgan fingerprint density at radius 3 is 2.40 bits per heavy atom. The molecule has 1 atom stereocenters. The smallest absolute Gasteiger partial charge is 0.268 e. The van der Waals surface area contributed by atoms with Crippen LogP contribution in [-0.2, 0) is 4.79 Å². The molecule has 0 fully saturated rings. The van der Waals surface area contributed by atoms with Gasteiger partial charge in [-0.15, -0.1) is 11.3 Å². The molecule has 0 radical (unpaired) electrons. The van der Waals surface area contributed by atoms with Crippen molar-refractivity contribution in [1.29, 1.82) is 0 Å². The topological polar surface area (TPSA) is 115 Å². The van der Waals surface area contributed by atoms with E-state index in [0.717, 1.165) is 0 Å². The van der Waals surface area contributed by atoms with Crippen molar-refractivity contribution in [2.24, 2.45) is 5.92 Å². The molecule has 0 saturated carbocycles. The molecule has 3 rings (SSSR count). The van der Waals surface area contributed by atoms with Gasteiger partial charge in [-0.1, -0.05) is 13.8 Å². The van der Waals surface area contributed by atoms with Gasteiger partial charge in [0, 0.05) is 17.0 Å². The summed E-state index contributed by atoms with van der Waals surface area (Å²) in [4.78, 5) is 32.6. The third-order valence-electron chi connectivity index (χ3n) is 4.56. The van der Waals surface area contributed by atoms with E-state index in [9.17, 15) is 9.59 Å². The highest BCUT2D eigenvalue weighted by Gasteiger charge is 2.27. The third-order valence-corrected chi connectivity index (χ3v) is 5.25. The number of benzene rings is 1. The van der Waals surface area contributed by atoms with Crippen LogP contribution in [-0.4, -0.2) is 49.2 Å². The zero-order valence-corrected chi connectivity index (χ0v) is 18.2. The molecule has 2 amide bonds. The van der Waals surface area contributed by atoms with E-state index >= 15 is 0 Å². The first-order valence-corrected chi connectivity index (χ1v) is 10.1. The van der Waals surface area contributed by atoms with Gasteiger partial charge in [0.15, 0.2) is 16.6 Å². The second kappa shape index (κ2) is 9.04. The number of ether oxygens (including phenoxy) is 3. The molecule has 0 unspecified atom stereocenters. The molecule has 30 heavy (non-hydrogen) atoms. The molecule has 10 heteroatoms. The number of H-pyrrole nitrogens is 1. The first-order valence-electron chi connectivity index (χ1n) is 9.22. The molecule has 3 aromatic rings. The highest BCUT2D eigenvalue weighted by molar-refractivity contribution is 7.13. The summed E-state index contributed by atoms with van der Waals surface area (Å²) in [5.41, 5.74) is 0.875. The van der Waals surface area contributed by atoms with Gasteiger partial charge < -0.3 is 29.8 Å². The van der Waals surface area contributed by atoms with Crippen molar-refractivity contribution >= 4 is 39.2 Å². The summed E-state index contributed by atoms with van der Waals surface area (Å²) in [5, 5.41) is 8.47. The average molecular weight is 433 g/mol. The van der Waals surface area contributed by atoms with E-state index in [1.165, 1.54) is 32.7 Å². The summed E-state index contributed by atoms with van der Waals surface area (Å²) >= 11 is 1.31. The largest absolute Gasteiger partial charge is 0.493 e. The molecule has 160 valence electrons. The number of hydrogen-bond donors (Lipinski definition) is 3. The number of carbonyl (C=O) groups is 2. The van der Waals surface area contributed by atoms with Gasteiger partial charge in [0.2, 0.25) is 11.7 Å². The number of rotatable bonds is 8. The molecule has 1 aromatic carbocycles. The minimum absolute atomic E-state index is 0.131. The van der Waals surface area contributed by atoms with Crippen LogP contribution in [0.5, 0.6) is 17.2 Å². The summed E-state index contributed by atoms with van der Waals surface area (Å²) < 4.78 is 16.2. The number of aromatic nitrogens is 2. The summed E-state index contributed by atoms with van der Waals surface area (Å²) in [6.07, 6.45) is 1.60. The maximum absolute atomic E-state index is 12.9. The lowest BCUT2D eigenvalue weighted by molar-refractivity contribution is -0.118. The first kappa shape index (κ1) is 21.4. The van der Waals surface area contributed by atoms with E-state index < -0.39 is 11.9 Å². The molecule has 9 nitrogen and oxygen atoms in total. The van der Waals surface area contributed by atoms with Crippen molar-refractivity contribution in [2.75, 3.05) is 26.6 Å². The fourth-order valence-electron chi connectivity index (χ4n) is 3.09. The van der Waals surface area contributed by atoms with Gasteiger partial charge in [0.05, 0.1) is 26.8 Å². The van der Waals surface area contributed by atoms with Crippen molar-refractivity contribution in [3.63, 3.8) is 0 Å². The van der Waals surface area contributed by atoms with Gasteiger partial charge >= 0.3 is 0 Å². The summed E-state index contributed by atoms with van der Waals surface area (Å²) in [6, 6.07) is 2.68. The predicted octanol–water partition coefficient (Wildman–Crippen LogP) is 3.04. The van der Waals surface area contributed by atoms with Gasteiger partial charge in [0.25, 0.3) is 5.91 Å². The Morgan fingerprint density at radius 1 is 1.10 bits per heavy atom. The van der Waals surface area contributed by atoms with Crippen molar-refractivity contribution in [3.05, 3.63) is 29.4 Å². The Hall–Kier alpha value is -3.27. The van der Waals surface area contributed by atoms with E-state index in [-0.39, 0.29) is 17.5 Å². The maximum Gasteiger partial charge on any atom is 0.268 e. The summed E-state index contributed by atoms with van der Waals surface area (Å²) in [5.74, 6) is 0.449. The van der Waals surface area contributed by atoms with Gasteiger partial charge in [-0.05, 0) is 18.1 Å².